The van der Waals surface area contributed by atoms with E-state index in [2.05, 4.69) is 25.9 Å². The van der Waals surface area contributed by atoms with Gasteiger partial charge < -0.3 is 4.90 Å². The molecule has 0 saturated carbocycles. The normalized spacial score (nSPS) is 10.3. The van der Waals surface area contributed by atoms with Crippen LogP contribution in [0.15, 0.2) is 41.1 Å². The first kappa shape index (κ1) is 14.0. The van der Waals surface area contributed by atoms with Crippen LogP contribution in [-0.2, 0) is 6.54 Å². The van der Waals surface area contributed by atoms with E-state index in [1.54, 1.807) is 11.9 Å². The number of rotatable bonds is 3. The summed E-state index contributed by atoms with van der Waals surface area (Å²) in [6, 6.07) is 7.80. The molecule has 0 radical (unpaired) electrons. The number of halogens is 2. The molecule has 6 heteroatoms. The average Bonchev–Trinajstić information content (AvgIpc) is 2.41. The molecule has 0 atom stereocenters. The summed E-state index contributed by atoms with van der Waals surface area (Å²) < 4.78 is 1.01. The smallest absolute Gasteiger partial charge is 0.274 e. The van der Waals surface area contributed by atoms with Gasteiger partial charge >= 0.3 is 0 Å². The number of hydrogen-bond donors (Lipinski definition) is 0. The lowest BCUT2D eigenvalue weighted by Gasteiger charge is -2.16. The Kier molecular flexibility index (Phi) is 4.50. The molecule has 98 valence electrons. The Morgan fingerprint density at radius 3 is 2.53 bits per heavy atom. The highest BCUT2D eigenvalue weighted by atomic mass is 79.9. The van der Waals surface area contributed by atoms with Gasteiger partial charge in [0.2, 0.25) is 0 Å². The number of aromatic nitrogens is 2. The summed E-state index contributed by atoms with van der Waals surface area (Å²) in [5.74, 6) is -0.188. The van der Waals surface area contributed by atoms with Gasteiger partial charge in [-0.1, -0.05) is 39.7 Å². The second kappa shape index (κ2) is 6.12. The largest absolute Gasteiger partial charge is 0.336 e. The number of carbonyl (C=O) groups is 1. The second-order valence-corrected chi connectivity index (χ2v) is 5.31. The Labute approximate surface area is 124 Å². The third-order valence-corrected chi connectivity index (χ3v) is 3.24. The van der Waals surface area contributed by atoms with E-state index in [1.807, 2.05) is 24.3 Å². The first-order valence-corrected chi connectivity index (χ1v) is 6.71. The van der Waals surface area contributed by atoms with Gasteiger partial charge in [-0.15, -0.1) is 0 Å². The first-order valence-electron chi connectivity index (χ1n) is 5.54. The lowest BCUT2D eigenvalue weighted by molar-refractivity contribution is 0.0779. The summed E-state index contributed by atoms with van der Waals surface area (Å²) in [7, 11) is 1.72. The molecule has 0 aliphatic heterocycles. The molecule has 2 rings (SSSR count). The molecule has 1 aromatic heterocycles. The standard InChI is InChI=1S/C13H11BrClN3O/c1-18(8-9-2-4-10(14)5-3-9)13(19)11-6-17-12(15)7-16-11/h2-7H,8H2,1H3. The minimum atomic E-state index is -0.188. The van der Waals surface area contributed by atoms with Gasteiger partial charge in [-0.3, -0.25) is 4.79 Å². The Morgan fingerprint density at radius 1 is 1.26 bits per heavy atom. The molecule has 1 heterocycles. The average molecular weight is 341 g/mol. The summed E-state index contributed by atoms with van der Waals surface area (Å²) in [5, 5.41) is 0.270. The van der Waals surface area contributed by atoms with Crippen molar-refractivity contribution in [3.63, 3.8) is 0 Å². The van der Waals surface area contributed by atoms with Crippen molar-refractivity contribution in [3.05, 3.63) is 57.5 Å². The summed E-state index contributed by atoms with van der Waals surface area (Å²) in [4.78, 5) is 21.5. The number of amides is 1. The van der Waals surface area contributed by atoms with Crippen LogP contribution in [0.25, 0.3) is 0 Å². The number of hydrogen-bond acceptors (Lipinski definition) is 3. The first-order chi connectivity index (χ1) is 9.06. The third kappa shape index (κ3) is 3.75. The lowest BCUT2D eigenvalue weighted by Crippen LogP contribution is -2.27. The van der Waals surface area contributed by atoms with Crippen LogP contribution in [0.4, 0.5) is 0 Å². The van der Waals surface area contributed by atoms with Crippen LogP contribution in [0.1, 0.15) is 16.1 Å². The van der Waals surface area contributed by atoms with Crippen molar-refractivity contribution in [1.29, 1.82) is 0 Å². The maximum Gasteiger partial charge on any atom is 0.274 e. The highest BCUT2D eigenvalue weighted by Crippen LogP contribution is 2.12. The molecule has 0 bridgehead atoms. The van der Waals surface area contributed by atoms with Crippen molar-refractivity contribution in [2.24, 2.45) is 0 Å². The maximum absolute atomic E-state index is 12.1. The molecule has 0 spiro atoms. The van der Waals surface area contributed by atoms with Crippen molar-refractivity contribution in [2.45, 2.75) is 6.54 Å². The van der Waals surface area contributed by atoms with Crippen molar-refractivity contribution in [1.82, 2.24) is 14.9 Å². The predicted octanol–water partition coefficient (Wildman–Crippen LogP) is 3.16. The van der Waals surface area contributed by atoms with Crippen molar-refractivity contribution in [2.75, 3.05) is 7.05 Å². The van der Waals surface area contributed by atoms with Crippen LogP contribution in [0.3, 0.4) is 0 Å². The fraction of sp³-hybridized carbons (Fsp3) is 0.154. The van der Waals surface area contributed by atoms with Gasteiger partial charge in [-0.2, -0.15) is 0 Å². The fourth-order valence-corrected chi connectivity index (χ4v) is 1.92. The summed E-state index contributed by atoms with van der Waals surface area (Å²) in [6.45, 7) is 0.510. The molecule has 0 N–H and O–H groups in total. The summed E-state index contributed by atoms with van der Waals surface area (Å²) >= 11 is 9.01. The van der Waals surface area contributed by atoms with Crippen molar-refractivity contribution >= 4 is 33.4 Å². The van der Waals surface area contributed by atoms with Crippen LogP contribution in [-0.4, -0.2) is 27.8 Å². The van der Waals surface area contributed by atoms with Gasteiger partial charge in [0.25, 0.3) is 5.91 Å². The predicted molar refractivity (Wildman–Crippen MR) is 77.0 cm³/mol. The van der Waals surface area contributed by atoms with Crippen LogP contribution >= 0.6 is 27.5 Å². The molecule has 1 amide bonds. The molecule has 0 fully saturated rings. The van der Waals surface area contributed by atoms with E-state index in [4.69, 9.17) is 11.6 Å². The Balaban J connectivity index is 2.07. The molecule has 4 nitrogen and oxygen atoms in total. The summed E-state index contributed by atoms with van der Waals surface area (Å²) in [5.41, 5.74) is 1.32. The lowest BCUT2D eigenvalue weighted by atomic mass is 10.2. The van der Waals surface area contributed by atoms with Gasteiger partial charge in [0, 0.05) is 18.1 Å². The van der Waals surface area contributed by atoms with Gasteiger partial charge in [-0.05, 0) is 17.7 Å². The highest BCUT2D eigenvalue weighted by molar-refractivity contribution is 9.10. The highest BCUT2D eigenvalue weighted by Gasteiger charge is 2.13. The van der Waals surface area contributed by atoms with E-state index in [0.717, 1.165) is 10.0 Å². The van der Waals surface area contributed by atoms with Crippen molar-refractivity contribution in [3.8, 4) is 0 Å². The molecule has 2 aromatic rings. The fourth-order valence-electron chi connectivity index (χ4n) is 1.55. The van der Waals surface area contributed by atoms with Gasteiger partial charge in [0.05, 0.1) is 12.4 Å². The zero-order valence-corrected chi connectivity index (χ0v) is 12.5. The monoisotopic (exact) mass is 339 g/mol. The van der Waals surface area contributed by atoms with Crippen LogP contribution in [0.5, 0.6) is 0 Å². The van der Waals surface area contributed by atoms with Crippen molar-refractivity contribution < 1.29 is 4.79 Å². The van der Waals surface area contributed by atoms with Gasteiger partial charge in [0.1, 0.15) is 10.8 Å². The molecule has 1 aromatic carbocycles. The maximum atomic E-state index is 12.1. The van der Waals surface area contributed by atoms with E-state index >= 15 is 0 Å². The SMILES string of the molecule is CN(Cc1ccc(Br)cc1)C(=O)c1cnc(Cl)cn1. The van der Waals surface area contributed by atoms with E-state index in [-0.39, 0.29) is 16.8 Å². The topological polar surface area (TPSA) is 46.1 Å². The number of carbonyl (C=O) groups excluding carboxylic acids is 1. The molecule has 0 saturated heterocycles. The van der Waals surface area contributed by atoms with E-state index < -0.39 is 0 Å². The van der Waals surface area contributed by atoms with E-state index in [1.165, 1.54) is 12.4 Å². The Hall–Kier alpha value is -1.46. The number of benzene rings is 1. The Bertz CT molecular complexity index is 571. The molecule has 0 aliphatic carbocycles. The molecule has 0 unspecified atom stereocenters. The zero-order valence-electron chi connectivity index (χ0n) is 10.2. The molecular weight excluding hydrogens is 330 g/mol. The second-order valence-electron chi connectivity index (χ2n) is 4.01. The summed E-state index contributed by atoms with van der Waals surface area (Å²) in [6.07, 6.45) is 2.74. The van der Waals surface area contributed by atoms with Gasteiger partial charge in [-0.25, -0.2) is 9.97 Å². The third-order valence-electron chi connectivity index (χ3n) is 2.52. The van der Waals surface area contributed by atoms with E-state index in [0.29, 0.717) is 6.54 Å². The molecule has 19 heavy (non-hydrogen) atoms. The minimum absolute atomic E-state index is 0.188. The quantitative estimate of drug-likeness (QED) is 0.862. The minimum Gasteiger partial charge on any atom is -0.336 e. The number of nitrogens with zero attached hydrogens (tertiary/aromatic N) is 3. The van der Waals surface area contributed by atoms with Gasteiger partial charge in [0.15, 0.2) is 0 Å². The van der Waals surface area contributed by atoms with E-state index in [9.17, 15) is 4.79 Å². The van der Waals surface area contributed by atoms with Crippen LogP contribution in [0.2, 0.25) is 5.15 Å². The molecule has 0 aliphatic rings. The zero-order chi connectivity index (χ0) is 13.8. The Morgan fingerprint density at radius 2 is 1.95 bits per heavy atom. The van der Waals surface area contributed by atoms with Crippen LogP contribution in [0, 0.1) is 0 Å². The van der Waals surface area contributed by atoms with Crippen LogP contribution < -0.4 is 0 Å². The molecular formula is C13H11BrClN3O.